The van der Waals surface area contributed by atoms with Crippen LogP contribution >= 0.6 is 0 Å². The fraction of sp³-hybridized carbons (Fsp3) is 0.192. The summed E-state index contributed by atoms with van der Waals surface area (Å²) in [5.41, 5.74) is 7.38. The van der Waals surface area contributed by atoms with E-state index in [0.717, 1.165) is 46.2 Å². The quantitative estimate of drug-likeness (QED) is 0.370. The van der Waals surface area contributed by atoms with Crippen LogP contribution in [0.3, 0.4) is 0 Å². The van der Waals surface area contributed by atoms with Crippen molar-refractivity contribution in [3.8, 4) is 11.1 Å². The van der Waals surface area contributed by atoms with Crippen LogP contribution in [0.5, 0.6) is 0 Å². The van der Waals surface area contributed by atoms with Gasteiger partial charge in [-0.05, 0) is 66.4 Å². The van der Waals surface area contributed by atoms with E-state index in [-0.39, 0.29) is 0 Å². The van der Waals surface area contributed by atoms with Crippen LogP contribution in [0.25, 0.3) is 11.1 Å². The third kappa shape index (κ3) is 5.22. The number of benzene rings is 3. The lowest BCUT2D eigenvalue weighted by Gasteiger charge is -2.12. The van der Waals surface area contributed by atoms with Gasteiger partial charge in [0.25, 0.3) is 0 Å². The van der Waals surface area contributed by atoms with E-state index in [1.165, 1.54) is 11.1 Å². The minimum absolute atomic E-state index is 0.733. The van der Waals surface area contributed by atoms with Gasteiger partial charge in [0.15, 0.2) is 4.90 Å². The van der Waals surface area contributed by atoms with Gasteiger partial charge in [0, 0.05) is 20.1 Å². The Morgan fingerprint density at radius 1 is 0.844 bits per heavy atom. The first kappa shape index (κ1) is 22.1. The van der Waals surface area contributed by atoms with Gasteiger partial charge < -0.3 is 9.87 Å². The number of aryl methyl sites for hydroxylation is 2. The molecule has 0 spiro atoms. The number of rotatable bonds is 8. The van der Waals surface area contributed by atoms with E-state index >= 15 is 0 Å². The number of anilines is 1. The maximum absolute atomic E-state index is 12.8. The smallest absolute Gasteiger partial charge is 0.179 e. The summed E-state index contributed by atoms with van der Waals surface area (Å²) < 4.78 is 17.7. The summed E-state index contributed by atoms with van der Waals surface area (Å²) in [6.07, 6.45) is 0. The van der Waals surface area contributed by atoms with Crippen molar-refractivity contribution in [2.24, 2.45) is 7.05 Å². The standard InChI is InChI=1S/C26H28N4OS/c1-19-26(20(2)30(3)28-19)29-32(31)25-14-12-23(13-15-25)24-11-7-10-22(16-24)18-27-17-21-8-5-4-6-9-21/h4-16,27,29H,17-18H2,1-3H3. The highest BCUT2D eigenvalue weighted by Crippen LogP contribution is 2.25. The predicted molar refractivity (Wildman–Crippen MR) is 132 cm³/mol. The van der Waals surface area contributed by atoms with Crippen LogP contribution in [0.15, 0.2) is 83.8 Å². The average Bonchev–Trinajstić information content (AvgIpc) is 3.06. The van der Waals surface area contributed by atoms with Gasteiger partial charge in [-0.1, -0.05) is 48.5 Å². The monoisotopic (exact) mass is 444 g/mol. The lowest BCUT2D eigenvalue weighted by molar-refractivity contribution is 0.600. The molecule has 4 aromatic rings. The Kier molecular flexibility index (Phi) is 6.95. The molecule has 3 aromatic carbocycles. The zero-order chi connectivity index (χ0) is 22.5. The van der Waals surface area contributed by atoms with Crippen molar-refractivity contribution in [3.05, 3.63) is 101 Å². The summed E-state index contributed by atoms with van der Waals surface area (Å²) in [6.45, 7) is 5.52. The Morgan fingerprint density at radius 2 is 1.53 bits per heavy atom. The third-order valence-corrected chi connectivity index (χ3v) is 6.62. The molecule has 1 unspecified atom stereocenters. The van der Waals surface area contributed by atoms with Crippen molar-refractivity contribution < 1.29 is 4.55 Å². The van der Waals surface area contributed by atoms with Crippen molar-refractivity contribution in [2.75, 3.05) is 4.72 Å². The molecule has 2 N–H and O–H groups in total. The SMILES string of the molecule is Cc1nn(C)c(C)c1N[S+]([O-])c1ccc(-c2cccc(CNCc3ccccc3)c2)cc1. The maximum Gasteiger partial charge on any atom is 0.179 e. The van der Waals surface area contributed by atoms with E-state index in [1.807, 2.05) is 51.2 Å². The van der Waals surface area contributed by atoms with E-state index in [2.05, 4.69) is 63.7 Å². The maximum atomic E-state index is 12.8. The van der Waals surface area contributed by atoms with Crippen LogP contribution in [-0.2, 0) is 31.5 Å². The average molecular weight is 445 g/mol. The molecule has 4 rings (SSSR count). The fourth-order valence-corrected chi connectivity index (χ4v) is 4.63. The topological polar surface area (TPSA) is 64.9 Å². The van der Waals surface area contributed by atoms with Gasteiger partial charge in [0.2, 0.25) is 0 Å². The van der Waals surface area contributed by atoms with E-state index in [1.54, 1.807) is 4.68 Å². The molecule has 0 radical (unpaired) electrons. The fourth-order valence-electron chi connectivity index (χ4n) is 3.65. The lowest BCUT2D eigenvalue weighted by Crippen LogP contribution is -2.14. The normalized spacial score (nSPS) is 12.0. The van der Waals surface area contributed by atoms with Gasteiger partial charge in [0.05, 0.1) is 11.4 Å². The van der Waals surface area contributed by atoms with Crippen LogP contribution in [-0.4, -0.2) is 14.3 Å². The molecule has 1 aromatic heterocycles. The van der Waals surface area contributed by atoms with Crippen molar-refractivity contribution >= 4 is 17.0 Å². The van der Waals surface area contributed by atoms with Gasteiger partial charge in [-0.3, -0.25) is 4.68 Å². The minimum atomic E-state index is -1.35. The summed E-state index contributed by atoms with van der Waals surface area (Å²) in [6, 6.07) is 26.8. The Balaban J connectivity index is 1.40. The van der Waals surface area contributed by atoms with Gasteiger partial charge in [-0.25, -0.2) is 0 Å². The van der Waals surface area contributed by atoms with Crippen molar-refractivity contribution in [3.63, 3.8) is 0 Å². The second-order valence-corrected chi connectivity index (χ2v) is 9.07. The van der Waals surface area contributed by atoms with Gasteiger partial charge in [0.1, 0.15) is 17.0 Å². The zero-order valence-electron chi connectivity index (χ0n) is 18.6. The number of hydrogen-bond donors (Lipinski definition) is 2. The molecule has 0 bridgehead atoms. The molecule has 5 nitrogen and oxygen atoms in total. The first-order chi connectivity index (χ1) is 15.5. The predicted octanol–water partition coefficient (Wildman–Crippen LogP) is 5.13. The van der Waals surface area contributed by atoms with Crippen LogP contribution in [0.2, 0.25) is 0 Å². The highest BCUT2D eigenvalue weighted by Gasteiger charge is 2.18. The van der Waals surface area contributed by atoms with Crippen LogP contribution in [0.4, 0.5) is 5.69 Å². The van der Waals surface area contributed by atoms with Crippen molar-refractivity contribution in [1.82, 2.24) is 15.1 Å². The molecule has 0 aliphatic carbocycles. The van der Waals surface area contributed by atoms with Crippen LogP contribution < -0.4 is 10.0 Å². The Bertz CT molecular complexity index is 1170. The summed E-state index contributed by atoms with van der Waals surface area (Å²) in [7, 11) is 1.89. The minimum Gasteiger partial charge on any atom is -0.588 e. The third-order valence-electron chi connectivity index (χ3n) is 5.53. The van der Waals surface area contributed by atoms with Gasteiger partial charge in [-0.15, -0.1) is 0 Å². The highest BCUT2D eigenvalue weighted by molar-refractivity contribution is 7.92. The number of aromatic nitrogens is 2. The highest BCUT2D eigenvalue weighted by atomic mass is 32.2. The summed E-state index contributed by atoms with van der Waals surface area (Å²) in [5, 5.41) is 7.87. The first-order valence-corrected chi connectivity index (χ1v) is 11.8. The Morgan fingerprint density at radius 3 is 2.22 bits per heavy atom. The first-order valence-electron chi connectivity index (χ1n) is 10.6. The molecule has 1 heterocycles. The van der Waals surface area contributed by atoms with E-state index in [0.29, 0.717) is 0 Å². The van der Waals surface area contributed by atoms with Gasteiger partial charge in [-0.2, -0.15) is 9.82 Å². The van der Waals surface area contributed by atoms with Crippen LogP contribution in [0, 0.1) is 13.8 Å². The molecule has 1 atom stereocenters. The molecule has 0 aliphatic rings. The number of nitrogens with zero attached hydrogens (tertiary/aromatic N) is 2. The molecule has 32 heavy (non-hydrogen) atoms. The lowest BCUT2D eigenvalue weighted by atomic mass is 10.0. The molecule has 0 aliphatic heterocycles. The van der Waals surface area contributed by atoms with Crippen molar-refractivity contribution in [1.29, 1.82) is 0 Å². The summed E-state index contributed by atoms with van der Waals surface area (Å²) in [5.74, 6) is 0. The number of hydrogen-bond acceptors (Lipinski definition) is 4. The van der Waals surface area contributed by atoms with E-state index in [9.17, 15) is 4.55 Å². The molecular weight excluding hydrogens is 416 g/mol. The van der Waals surface area contributed by atoms with E-state index < -0.39 is 11.4 Å². The molecule has 0 amide bonds. The molecule has 0 saturated heterocycles. The molecular formula is C26H28N4OS. The summed E-state index contributed by atoms with van der Waals surface area (Å²) >= 11 is -1.35. The largest absolute Gasteiger partial charge is 0.588 e. The van der Waals surface area contributed by atoms with Crippen molar-refractivity contribution in [2.45, 2.75) is 31.8 Å². The second kappa shape index (κ2) is 10.0. The molecule has 164 valence electrons. The Hall–Kier alpha value is -3.06. The Labute approximate surface area is 192 Å². The molecule has 0 fully saturated rings. The van der Waals surface area contributed by atoms with Gasteiger partial charge >= 0.3 is 0 Å². The van der Waals surface area contributed by atoms with E-state index in [4.69, 9.17) is 0 Å². The second-order valence-electron chi connectivity index (χ2n) is 7.85. The van der Waals surface area contributed by atoms with Crippen LogP contribution in [0.1, 0.15) is 22.5 Å². The number of nitrogens with one attached hydrogen (secondary N) is 2. The summed E-state index contributed by atoms with van der Waals surface area (Å²) in [4.78, 5) is 0.733. The molecule has 6 heteroatoms. The molecule has 0 saturated carbocycles. The zero-order valence-corrected chi connectivity index (χ0v) is 19.4.